The van der Waals surface area contributed by atoms with Gasteiger partial charge in [0.25, 0.3) is 0 Å². The molecule has 1 aliphatic rings. The van der Waals surface area contributed by atoms with Gasteiger partial charge in [0, 0.05) is 41.7 Å². The first-order valence-corrected chi connectivity index (χ1v) is 9.62. The number of ketones is 1. The second kappa shape index (κ2) is 7.91. The molecule has 0 saturated carbocycles. The van der Waals surface area contributed by atoms with Crippen molar-refractivity contribution < 1.29 is 19.1 Å². The van der Waals surface area contributed by atoms with Gasteiger partial charge < -0.3 is 14.6 Å². The molecule has 2 heterocycles. The van der Waals surface area contributed by atoms with E-state index in [1.807, 2.05) is 61.5 Å². The molecule has 3 aromatic rings. The number of hydrogen-bond donors (Lipinski definition) is 1. The monoisotopic (exact) mass is 390 g/mol. The summed E-state index contributed by atoms with van der Waals surface area (Å²) in [5.41, 5.74) is 3.18. The Bertz CT molecular complexity index is 1070. The van der Waals surface area contributed by atoms with Crippen LogP contribution in [-0.4, -0.2) is 40.7 Å². The van der Waals surface area contributed by atoms with Gasteiger partial charge >= 0.3 is 5.97 Å². The lowest BCUT2D eigenvalue weighted by Crippen LogP contribution is -2.27. The van der Waals surface area contributed by atoms with Crippen LogP contribution in [0.15, 0.2) is 54.6 Å². The minimum atomic E-state index is -0.539. The highest BCUT2D eigenvalue weighted by atomic mass is 16.5. The summed E-state index contributed by atoms with van der Waals surface area (Å²) in [6.07, 6.45) is 0.117. The number of aromatic nitrogens is 1. The third-order valence-electron chi connectivity index (χ3n) is 5.28. The molecular weight excluding hydrogens is 368 g/mol. The van der Waals surface area contributed by atoms with Crippen LogP contribution in [0.5, 0.6) is 0 Å². The Labute approximate surface area is 168 Å². The fourth-order valence-corrected chi connectivity index (χ4v) is 3.85. The van der Waals surface area contributed by atoms with Crippen LogP contribution in [0.25, 0.3) is 10.9 Å². The molecule has 1 amide bonds. The van der Waals surface area contributed by atoms with Crippen molar-refractivity contribution in [3.8, 4) is 0 Å². The van der Waals surface area contributed by atoms with Gasteiger partial charge in [-0.2, -0.15) is 0 Å². The topological polar surface area (TPSA) is 79.5 Å². The van der Waals surface area contributed by atoms with Crippen molar-refractivity contribution in [2.24, 2.45) is 5.92 Å². The van der Waals surface area contributed by atoms with Crippen LogP contribution in [0.4, 0.5) is 0 Å². The number of nitrogens with one attached hydrogen (secondary N) is 1. The number of hydrogen-bond acceptors (Lipinski definition) is 4. The number of amides is 1. The Kier molecular flexibility index (Phi) is 5.16. The van der Waals surface area contributed by atoms with Crippen molar-refractivity contribution in [2.75, 3.05) is 13.2 Å². The van der Waals surface area contributed by atoms with E-state index in [-0.39, 0.29) is 24.7 Å². The van der Waals surface area contributed by atoms with Gasteiger partial charge in [0.05, 0.1) is 5.92 Å². The molecule has 1 fully saturated rings. The number of para-hydroxylation sites is 1. The van der Waals surface area contributed by atoms with Gasteiger partial charge in [-0.3, -0.25) is 14.4 Å². The fourth-order valence-electron chi connectivity index (χ4n) is 3.85. The highest BCUT2D eigenvalue weighted by molar-refractivity contribution is 6.10. The Morgan fingerprint density at radius 1 is 1.10 bits per heavy atom. The SMILES string of the molecule is Cc1[nH]c2ccccc2c1C(=O)COC(=O)[C@@H]1CC(=O)N(Cc2ccccc2)C1. The third-order valence-corrected chi connectivity index (χ3v) is 5.28. The molecule has 29 heavy (non-hydrogen) atoms. The third kappa shape index (κ3) is 3.92. The van der Waals surface area contributed by atoms with Crippen LogP contribution in [0.3, 0.4) is 0 Å². The molecule has 148 valence electrons. The molecule has 0 unspecified atom stereocenters. The summed E-state index contributed by atoms with van der Waals surface area (Å²) in [4.78, 5) is 42.2. The summed E-state index contributed by atoms with van der Waals surface area (Å²) in [6.45, 7) is 2.28. The van der Waals surface area contributed by atoms with Crippen molar-refractivity contribution >= 4 is 28.6 Å². The highest BCUT2D eigenvalue weighted by Crippen LogP contribution is 2.24. The Hall–Kier alpha value is -3.41. The van der Waals surface area contributed by atoms with Crippen molar-refractivity contribution in [3.05, 3.63) is 71.4 Å². The maximum atomic E-state index is 12.7. The number of benzene rings is 2. The van der Waals surface area contributed by atoms with Gasteiger partial charge in [0.1, 0.15) is 0 Å². The molecule has 1 atom stereocenters. The molecule has 2 aromatic carbocycles. The lowest BCUT2D eigenvalue weighted by Gasteiger charge is -2.16. The molecule has 0 bridgehead atoms. The number of H-pyrrole nitrogens is 1. The van der Waals surface area contributed by atoms with Crippen LogP contribution < -0.4 is 0 Å². The first kappa shape index (κ1) is 18.9. The number of carbonyl (C=O) groups is 3. The molecule has 1 aromatic heterocycles. The molecule has 0 aliphatic carbocycles. The van der Waals surface area contributed by atoms with Gasteiger partial charge in [-0.1, -0.05) is 48.5 Å². The zero-order chi connectivity index (χ0) is 20.4. The molecule has 6 heteroatoms. The predicted octanol–water partition coefficient (Wildman–Crippen LogP) is 3.25. The van der Waals surface area contributed by atoms with Crippen molar-refractivity contribution in [1.29, 1.82) is 0 Å². The van der Waals surface area contributed by atoms with E-state index in [9.17, 15) is 14.4 Å². The Balaban J connectivity index is 1.36. The maximum absolute atomic E-state index is 12.7. The number of likely N-dealkylation sites (tertiary alicyclic amines) is 1. The Morgan fingerprint density at radius 3 is 2.62 bits per heavy atom. The summed E-state index contributed by atoms with van der Waals surface area (Å²) >= 11 is 0. The number of fused-ring (bicyclic) bond motifs is 1. The zero-order valence-electron chi connectivity index (χ0n) is 16.2. The second-order valence-electron chi connectivity index (χ2n) is 7.36. The van der Waals surface area contributed by atoms with E-state index in [4.69, 9.17) is 4.74 Å². The number of rotatable bonds is 6. The summed E-state index contributed by atoms with van der Waals surface area (Å²) in [5.74, 6) is -1.36. The molecule has 6 nitrogen and oxygen atoms in total. The standard InChI is InChI=1S/C23H22N2O4/c1-15-22(18-9-5-6-10-19(18)24-15)20(26)14-29-23(28)17-11-21(27)25(13-17)12-16-7-3-2-4-8-16/h2-10,17,24H,11-14H2,1H3/t17-/m1/s1. The predicted molar refractivity (Wildman–Crippen MR) is 108 cm³/mol. The average Bonchev–Trinajstić information content (AvgIpc) is 3.25. The number of aromatic amines is 1. The van der Waals surface area contributed by atoms with Gasteiger partial charge in [-0.25, -0.2) is 0 Å². The number of ether oxygens (including phenoxy) is 1. The molecule has 1 N–H and O–H groups in total. The first-order valence-electron chi connectivity index (χ1n) is 9.62. The van der Waals surface area contributed by atoms with E-state index in [0.29, 0.717) is 18.7 Å². The molecule has 4 rings (SSSR count). The summed E-state index contributed by atoms with van der Waals surface area (Å²) in [7, 11) is 0. The number of Topliss-reactive ketones (excluding diaryl/α,β-unsaturated/α-hetero) is 1. The first-order chi connectivity index (χ1) is 14.0. The van der Waals surface area contributed by atoms with E-state index in [1.165, 1.54) is 0 Å². The normalized spacial score (nSPS) is 16.4. The summed E-state index contributed by atoms with van der Waals surface area (Å²) < 4.78 is 5.28. The van der Waals surface area contributed by atoms with Crippen LogP contribution >= 0.6 is 0 Å². The number of carbonyl (C=O) groups excluding carboxylic acids is 3. The average molecular weight is 390 g/mol. The van der Waals surface area contributed by atoms with Gasteiger partial charge in [0.15, 0.2) is 6.61 Å². The number of esters is 1. The van der Waals surface area contributed by atoms with Crippen molar-refractivity contribution in [1.82, 2.24) is 9.88 Å². The zero-order valence-corrected chi connectivity index (χ0v) is 16.2. The molecule has 0 spiro atoms. The van der Waals surface area contributed by atoms with Crippen LogP contribution in [0.1, 0.15) is 28.0 Å². The van der Waals surface area contributed by atoms with Crippen LogP contribution in [-0.2, 0) is 20.9 Å². The lowest BCUT2D eigenvalue weighted by molar-refractivity contribution is -0.147. The van der Waals surface area contributed by atoms with Crippen molar-refractivity contribution in [3.63, 3.8) is 0 Å². The molecule has 1 aliphatic heterocycles. The second-order valence-corrected chi connectivity index (χ2v) is 7.36. The fraction of sp³-hybridized carbons (Fsp3) is 0.261. The van der Waals surface area contributed by atoms with Crippen LogP contribution in [0, 0.1) is 12.8 Å². The van der Waals surface area contributed by atoms with E-state index in [1.54, 1.807) is 4.90 Å². The number of aryl methyl sites for hydroxylation is 1. The Morgan fingerprint density at radius 2 is 1.83 bits per heavy atom. The summed E-state index contributed by atoms with van der Waals surface area (Å²) in [6, 6.07) is 17.2. The number of nitrogens with zero attached hydrogens (tertiary/aromatic N) is 1. The van der Waals surface area contributed by atoms with Gasteiger partial charge in [0.2, 0.25) is 11.7 Å². The van der Waals surface area contributed by atoms with Gasteiger partial charge in [-0.05, 0) is 18.6 Å². The largest absolute Gasteiger partial charge is 0.457 e. The highest BCUT2D eigenvalue weighted by Gasteiger charge is 2.35. The molecule has 0 radical (unpaired) electrons. The maximum Gasteiger partial charge on any atom is 0.311 e. The van der Waals surface area contributed by atoms with E-state index >= 15 is 0 Å². The quantitative estimate of drug-likeness (QED) is 0.518. The minimum Gasteiger partial charge on any atom is -0.457 e. The molecule has 1 saturated heterocycles. The summed E-state index contributed by atoms with van der Waals surface area (Å²) in [5, 5.41) is 0.816. The van der Waals surface area contributed by atoms with E-state index < -0.39 is 11.9 Å². The van der Waals surface area contributed by atoms with E-state index in [2.05, 4.69) is 4.98 Å². The molecular formula is C23H22N2O4. The minimum absolute atomic E-state index is 0.0744. The van der Waals surface area contributed by atoms with Crippen molar-refractivity contribution in [2.45, 2.75) is 19.9 Å². The van der Waals surface area contributed by atoms with Gasteiger partial charge in [-0.15, -0.1) is 0 Å². The van der Waals surface area contributed by atoms with Crippen LogP contribution in [0.2, 0.25) is 0 Å². The lowest BCUT2D eigenvalue weighted by atomic mass is 10.1. The van der Waals surface area contributed by atoms with E-state index in [0.717, 1.165) is 22.2 Å². The smallest absolute Gasteiger partial charge is 0.311 e.